The van der Waals surface area contributed by atoms with E-state index in [0.29, 0.717) is 5.52 Å². The van der Waals surface area contributed by atoms with E-state index < -0.39 is 11.9 Å². The average molecular weight is 373 g/mol. The molecule has 1 saturated carbocycles. The maximum absolute atomic E-state index is 14.0. The van der Waals surface area contributed by atoms with Crippen LogP contribution in [0.3, 0.4) is 0 Å². The van der Waals surface area contributed by atoms with Crippen molar-refractivity contribution >= 4 is 22.5 Å². The quantitative estimate of drug-likeness (QED) is 0.841. The van der Waals surface area contributed by atoms with Crippen LogP contribution >= 0.6 is 0 Å². The molecule has 144 valence electrons. The fraction of sp³-hybridized carbons (Fsp3) is 0.500. The van der Waals surface area contributed by atoms with Gasteiger partial charge in [0.25, 0.3) is 0 Å². The molecule has 1 aliphatic heterocycles. The monoisotopic (exact) mass is 373 g/mol. The van der Waals surface area contributed by atoms with Gasteiger partial charge in [0.05, 0.1) is 12.6 Å². The molecule has 1 atom stereocenters. The van der Waals surface area contributed by atoms with Crippen LogP contribution in [0.4, 0.5) is 10.1 Å². The molecule has 1 amide bonds. The van der Waals surface area contributed by atoms with Gasteiger partial charge in [-0.05, 0) is 43.7 Å². The number of carbonyl (C=O) groups is 1. The van der Waals surface area contributed by atoms with Gasteiger partial charge in [0.1, 0.15) is 6.10 Å². The number of nitrogens with zero attached hydrogens (tertiary/aromatic N) is 2. The first kappa shape index (κ1) is 18.0. The summed E-state index contributed by atoms with van der Waals surface area (Å²) in [5, 5.41) is 14.1. The van der Waals surface area contributed by atoms with E-state index in [9.17, 15) is 14.3 Å². The van der Waals surface area contributed by atoms with Crippen LogP contribution in [-0.2, 0) is 4.79 Å². The molecule has 1 aliphatic carbocycles. The molecule has 2 aliphatic rings. The maximum Gasteiger partial charge on any atom is 0.249 e. The van der Waals surface area contributed by atoms with E-state index in [1.807, 2.05) is 6.07 Å². The van der Waals surface area contributed by atoms with Crippen molar-refractivity contribution < 1.29 is 19.0 Å². The fourth-order valence-corrected chi connectivity index (χ4v) is 3.75. The Labute approximate surface area is 157 Å². The number of ether oxygens (including phenoxy) is 1. The van der Waals surface area contributed by atoms with Crippen LogP contribution in [0.5, 0.6) is 5.75 Å². The van der Waals surface area contributed by atoms with Crippen molar-refractivity contribution in [3.8, 4) is 5.75 Å². The van der Waals surface area contributed by atoms with Crippen molar-refractivity contribution in [2.45, 2.75) is 37.8 Å². The SMILES string of the molecule is COc1cc2c(N3CCC([C@H](O)C(=O)NC4CC4)CC3)ccnc2cc1F. The molecule has 2 heterocycles. The maximum atomic E-state index is 14.0. The van der Waals surface area contributed by atoms with Gasteiger partial charge in [0.2, 0.25) is 5.91 Å². The van der Waals surface area contributed by atoms with E-state index in [2.05, 4.69) is 15.2 Å². The summed E-state index contributed by atoms with van der Waals surface area (Å²) in [6.45, 7) is 1.44. The highest BCUT2D eigenvalue weighted by Gasteiger charge is 2.33. The Balaban J connectivity index is 1.48. The predicted molar refractivity (Wildman–Crippen MR) is 100 cm³/mol. The molecule has 0 unspecified atom stereocenters. The Morgan fingerprint density at radius 3 is 2.74 bits per heavy atom. The van der Waals surface area contributed by atoms with Gasteiger partial charge in [-0.25, -0.2) is 4.39 Å². The van der Waals surface area contributed by atoms with Gasteiger partial charge in [-0.15, -0.1) is 0 Å². The number of hydrogen-bond acceptors (Lipinski definition) is 5. The first-order valence-corrected chi connectivity index (χ1v) is 9.42. The second-order valence-corrected chi connectivity index (χ2v) is 7.39. The number of benzene rings is 1. The summed E-state index contributed by atoms with van der Waals surface area (Å²) >= 11 is 0. The highest BCUT2D eigenvalue weighted by molar-refractivity contribution is 5.92. The minimum absolute atomic E-state index is 0.0416. The molecular formula is C20H24FN3O3. The number of hydrogen-bond donors (Lipinski definition) is 2. The van der Waals surface area contributed by atoms with Gasteiger partial charge in [-0.3, -0.25) is 9.78 Å². The van der Waals surface area contributed by atoms with Crippen LogP contribution in [0.15, 0.2) is 24.4 Å². The molecule has 27 heavy (non-hydrogen) atoms. The molecule has 0 radical (unpaired) electrons. The number of pyridine rings is 1. The van der Waals surface area contributed by atoms with Crippen LogP contribution in [0.25, 0.3) is 10.9 Å². The Hall–Kier alpha value is -2.41. The van der Waals surface area contributed by atoms with E-state index in [1.165, 1.54) is 13.2 Å². The van der Waals surface area contributed by atoms with Crippen molar-refractivity contribution in [1.82, 2.24) is 10.3 Å². The third-order valence-electron chi connectivity index (χ3n) is 5.51. The number of methoxy groups -OCH3 is 1. The lowest BCUT2D eigenvalue weighted by molar-refractivity contribution is -0.132. The van der Waals surface area contributed by atoms with Gasteiger partial charge < -0.3 is 20.1 Å². The highest BCUT2D eigenvalue weighted by atomic mass is 19.1. The Kier molecular flexibility index (Phi) is 4.86. The lowest BCUT2D eigenvalue weighted by Gasteiger charge is -2.35. The second kappa shape index (κ2) is 7.31. The van der Waals surface area contributed by atoms with E-state index in [-0.39, 0.29) is 23.6 Å². The molecule has 7 heteroatoms. The van der Waals surface area contributed by atoms with Crippen LogP contribution in [0.1, 0.15) is 25.7 Å². The number of aliphatic hydroxyl groups is 1. The van der Waals surface area contributed by atoms with Crippen LogP contribution in [-0.4, -0.2) is 48.3 Å². The number of aliphatic hydroxyl groups excluding tert-OH is 1. The number of nitrogens with one attached hydrogen (secondary N) is 1. The summed E-state index contributed by atoms with van der Waals surface area (Å²) in [6.07, 6.45) is 4.19. The van der Waals surface area contributed by atoms with E-state index in [1.54, 1.807) is 12.3 Å². The van der Waals surface area contributed by atoms with Gasteiger partial charge >= 0.3 is 0 Å². The van der Waals surface area contributed by atoms with Gasteiger partial charge in [0, 0.05) is 42.5 Å². The molecule has 0 spiro atoms. The molecule has 0 bridgehead atoms. The lowest BCUT2D eigenvalue weighted by Crippen LogP contribution is -2.45. The fourth-order valence-electron chi connectivity index (χ4n) is 3.75. The summed E-state index contributed by atoms with van der Waals surface area (Å²) in [5.41, 5.74) is 1.55. The molecule has 2 N–H and O–H groups in total. The third-order valence-corrected chi connectivity index (χ3v) is 5.51. The molecule has 1 aromatic carbocycles. The number of carbonyl (C=O) groups excluding carboxylic acids is 1. The standard InChI is InChI=1S/C20H24FN3O3/c1-27-18-10-14-16(11-15(18)21)22-7-4-17(14)24-8-5-12(6-9-24)19(25)20(26)23-13-2-3-13/h4,7,10-13,19,25H,2-3,5-6,8-9H2,1H3,(H,23,26)/t19-/m0/s1. The molecule has 2 fully saturated rings. The van der Waals surface area contributed by atoms with Crippen LogP contribution in [0, 0.1) is 11.7 Å². The summed E-state index contributed by atoms with van der Waals surface area (Å²) < 4.78 is 19.1. The van der Waals surface area contributed by atoms with Crippen molar-refractivity contribution in [2.24, 2.45) is 5.92 Å². The summed E-state index contributed by atoms with van der Waals surface area (Å²) in [6, 6.07) is 5.23. The number of anilines is 1. The molecule has 4 rings (SSSR count). The Morgan fingerprint density at radius 1 is 1.33 bits per heavy atom. The van der Waals surface area contributed by atoms with Crippen LogP contribution < -0.4 is 15.0 Å². The Morgan fingerprint density at radius 2 is 2.07 bits per heavy atom. The largest absolute Gasteiger partial charge is 0.494 e. The zero-order chi connectivity index (χ0) is 19.0. The Bertz CT molecular complexity index is 848. The predicted octanol–water partition coefficient (Wildman–Crippen LogP) is 2.24. The normalized spacial score (nSPS) is 19.1. The van der Waals surface area contributed by atoms with Gasteiger partial charge in [-0.1, -0.05) is 0 Å². The number of fused-ring (bicyclic) bond motifs is 1. The topological polar surface area (TPSA) is 74.7 Å². The summed E-state index contributed by atoms with van der Waals surface area (Å²) in [4.78, 5) is 18.5. The van der Waals surface area contributed by atoms with Crippen molar-refractivity contribution in [1.29, 1.82) is 0 Å². The molecule has 1 aromatic heterocycles. The highest BCUT2D eigenvalue weighted by Crippen LogP contribution is 2.33. The average Bonchev–Trinajstić information content (AvgIpc) is 3.50. The van der Waals surface area contributed by atoms with Crippen molar-refractivity contribution in [3.05, 3.63) is 30.2 Å². The summed E-state index contributed by atoms with van der Waals surface area (Å²) in [5.74, 6) is -0.525. The van der Waals surface area contributed by atoms with E-state index in [4.69, 9.17) is 4.74 Å². The molecular weight excluding hydrogens is 349 g/mol. The minimum atomic E-state index is -0.948. The minimum Gasteiger partial charge on any atom is -0.494 e. The van der Waals surface area contributed by atoms with Gasteiger partial charge in [0.15, 0.2) is 11.6 Å². The second-order valence-electron chi connectivity index (χ2n) is 7.39. The number of halogens is 1. The number of amides is 1. The first-order valence-electron chi connectivity index (χ1n) is 9.42. The summed E-state index contributed by atoms with van der Waals surface area (Å²) in [7, 11) is 1.44. The van der Waals surface area contributed by atoms with E-state index >= 15 is 0 Å². The smallest absolute Gasteiger partial charge is 0.249 e. The zero-order valence-electron chi connectivity index (χ0n) is 15.3. The van der Waals surface area contributed by atoms with E-state index in [0.717, 1.165) is 49.8 Å². The third kappa shape index (κ3) is 3.69. The van der Waals surface area contributed by atoms with Crippen molar-refractivity contribution in [3.63, 3.8) is 0 Å². The number of aromatic nitrogens is 1. The molecule has 1 saturated heterocycles. The molecule has 6 nitrogen and oxygen atoms in total. The van der Waals surface area contributed by atoms with Gasteiger partial charge in [-0.2, -0.15) is 0 Å². The first-order chi connectivity index (χ1) is 13.1. The molecule has 2 aromatic rings. The zero-order valence-corrected chi connectivity index (χ0v) is 15.3. The van der Waals surface area contributed by atoms with Crippen molar-refractivity contribution in [2.75, 3.05) is 25.1 Å². The number of rotatable bonds is 5. The lowest BCUT2D eigenvalue weighted by atomic mass is 9.90. The van der Waals surface area contributed by atoms with Crippen LogP contribution in [0.2, 0.25) is 0 Å². The number of piperidine rings is 1.